The van der Waals surface area contributed by atoms with E-state index in [9.17, 15) is 4.79 Å². The lowest BCUT2D eigenvalue weighted by molar-refractivity contribution is 0.100. The lowest BCUT2D eigenvalue weighted by atomic mass is 9.94. The minimum atomic E-state index is -0.166. The predicted molar refractivity (Wildman–Crippen MR) is 51.6 cm³/mol. The third kappa shape index (κ3) is 2.90. The maximum Gasteiger partial charge on any atom is 0.409 e. The van der Waals surface area contributed by atoms with E-state index >= 15 is 0 Å². The molecule has 0 aromatic carbocycles. The summed E-state index contributed by atoms with van der Waals surface area (Å²) in [5.74, 6) is 0.692. The average molecular weight is 185 g/mol. The van der Waals surface area contributed by atoms with E-state index in [0.29, 0.717) is 5.92 Å². The van der Waals surface area contributed by atoms with Gasteiger partial charge in [0, 0.05) is 13.1 Å². The number of carbonyl (C=O) groups excluding carboxylic acids is 1. The fraction of sp³-hybridized carbons (Fsp3) is 0.900. The molecule has 0 N–H and O–H groups in total. The van der Waals surface area contributed by atoms with Crippen molar-refractivity contribution in [2.75, 3.05) is 20.2 Å². The summed E-state index contributed by atoms with van der Waals surface area (Å²) in [5, 5.41) is 0. The van der Waals surface area contributed by atoms with Crippen molar-refractivity contribution in [3.8, 4) is 0 Å². The van der Waals surface area contributed by atoms with Crippen LogP contribution in [-0.2, 0) is 4.74 Å². The van der Waals surface area contributed by atoms with Crippen LogP contribution in [0.2, 0.25) is 0 Å². The van der Waals surface area contributed by atoms with Crippen LogP contribution in [0.5, 0.6) is 0 Å². The lowest BCUT2D eigenvalue weighted by Gasteiger charge is -2.31. The molecule has 1 aliphatic heterocycles. The molecule has 1 unspecified atom stereocenters. The van der Waals surface area contributed by atoms with Crippen molar-refractivity contribution in [2.24, 2.45) is 5.92 Å². The van der Waals surface area contributed by atoms with E-state index in [2.05, 4.69) is 6.92 Å². The molecule has 0 radical (unpaired) electrons. The van der Waals surface area contributed by atoms with Gasteiger partial charge < -0.3 is 9.64 Å². The zero-order valence-electron chi connectivity index (χ0n) is 8.58. The number of ether oxygens (including phenoxy) is 1. The molecule has 1 fully saturated rings. The van der Waals surface area contributed by atoms with Crippen molar-refractivity contribution in [1.82, 2.24) is 4.90 Å². The molecule has 1 rings (SSSR count). The van der Waals surface area contributed by atoms with Crippen molar-refractivity contribution in [3.05, 3.63) is 0 Å². The highest BCUT2D eigenvalue weighted by Gasteiger charge is 2.23. The minimum absolute atomic E-state index is 0.166. The summed E-state index contributed by atoms with van der Waals surface area (Å²) in [6, 6.07) is 0. The van der Waals surface area contributed by atoms with E-state index in [-0.39, 0.29) is 6.09 Å². The highest BCUT2D eigenvalue weighted by molar-refractivity contribution is 5.67. The predicted octanol–water partition coefficient (Wildman–Crippen LogP) is 2.26. The van der Waals surface area contributed by atoms with Gasteiger partial charge in [-0.15, -0.1) is 0 Å². The van der Waals surface area contributed by atoms with E-state index in [1.165, 1.54) is 26.4 Å². The number of hydrogen-bond acceptors (Lipinski definition) is 2. The minimum Gasteiger partial charge on any atom is -0.453 e. The standard InChI is InChI=1S/C10H19NO2/c1-3-5-9-6-4-7-11(8-9)10(12)13-2/h9H,3-8H2,1-2H3. The van der Waals surface area contributed by atoms with Crippen LogP contribution in [0.1, 0.15) is 32.6 Å². The van der Waals surface area contributed by atoms with Crippen LogP contribution in [-0.4, -0.2) is 31.2 Å². The van der Waals surface area contributed by atoms with Crippen molar-refractivity contribution in [1.29, 1.82) is 0 Å². The largest absolute Gasteiger partial charge is 0.453 e. The number of methoxy groups -OCH3 is 1. The Labute approximate surface area is 80.1 Å². The molecular formula is C10H19NO2. The first-order valence-corrected chi connectivity index (χ1v) is 5.10. The van der Waals surface area contributed by atoms with Crippen LogP contribution in [0.4, 0.5) is 4.79 Å². The van der Waals surface area contributed by atoms with Crippen molar-refractivity contribution >= 4 is 6.09 Å². The van der Waals surface area contributed by atoms with Crippen molar-refractivity contribution in [2.45, 2.75) is 32.6 Å². The molecule has 76 valence electrons. The van der Waals surface area contributed by atoms with E-state index in [4.69, 9.17) is 4.74 Å². The zero-order valence-corrected chi connectivity index (χ0v) is 8.58. The second kappa shape index (κ2) is 5.10. The summed E-state index contributed by atoms with van der Waals surface area (Å²) in [4.78, 5) is 13.0. The smallest absolute Gasteiger partial charge is 0.409 e. The first-order chi connectivity index (χ1) is 6.27. The van der Waals surface area contributed by atoms with E-state index in [1.807, 2.05) is 4.90 Å². The van der Waals surface area contributed by atoms with E-state index in [1.54, 1.807) is 0 Å². The fourth-order valence-electron chi connectivity index (χ4n) is 2.00. The Morgan fingerprint density at radius 2 is 2.38 bits per heavy atom. The fourth-order valence-corrected chi connectivity index (χ4v) is 2.00. The Balaban J connectivity index is 2.37. The average Bonchev–Trinajstić information content (AvgIpc) is 2.18. The van der Waals surface area contributed by atoms with Gasteiger partial charge in [0.2, 0.25) is 0 Å². The molecule has 0 aromatic rings. The SMILES string of the molecule is CCCC1CCCN(C(=O)OC)C1. The molecule has 1 heterocycles. The molecule has 0 bridgehead atoms. The van der Waals surface area contributed by atoms with Crippen LogP contribution in [0, 0.1) is 5.92 Å². The molecule has 3 nitrogen and oxygen atoms in total. The van der Waals surface area contributed by atoms with Gasteiger partial charge in [-0.3, -0.25) is 0 Å². The normalized spacial score (nSPS) is 22.9. The second-order valence-corrected chi connectivity index (χ2v) is 3.71. The molecule has 0 saturated carbocycles. The molecule has 1 atom stereocenters. The zero-order chi connectivity index (χ0) is 9.68. The number of rotatable bonds is 2. The highest BCUT2D eigenvalue weighted by atomic mass is 16.5. The summed E-state index contributed by atoms with van der Waals surface area (Å²) >= 11 is 0. The topological polar surface area (TPSA) is 29.5 Å². The monoisotopic (exact) mass is 185 g/mol. The van der Waals surface area contributed by atoms with Crippen LogP contribution >= 0.6 is 0 Å². The van der Waals surface area contributed by atoms with Gasteiger partial charge in [0.05, 0.1) is 7.11 Å². The van der Waals surface area contributed by atoms with Crippen molar-refractivity contribution < 1.29 is 9.53 Å². The number of hydrogen-bond donors (Lipinski definition) is 0. The van der Waals surface area contributed by atoms with Crippen LogP contribution in [0.25, 0.3) is 0 Å². The summed E-state index contributed by atoms with van der Waals surface area (Å²) in [5.41, 5.74) is 0. The molecule has 0 aromatic heterocycles. The molecule has 3 heteroatoms. The number of likely N-dealkylation sites (tertiary alicyclic amines) is 1. The Hall–Kier alpha value is -0.730. The number of piperidine rings is 1. The van der Waals surface area contributed by atoms with Gasteiger partial charge in [-0.05, 0) is 25.2 Å². The molecule has 13 heavy (non-hydrogen) atoms. The van der Waals surface area contributed by atoms with E-state index < -0.39 is 0 Å². The van der Waals surface area contributed by atoms with Gasteiger partial charge in [-0.25, -0.2) is 4.79 Å². The van der Waals surface area contributed by atoms with E-state index in [0.717, 1.165) is 19.5 Å². The molecule has 0 spiro atoms. The second-order valence-electron chi connectivity index (χ2n) is 3.71. The van der Waals surface area contributed by atoms with Gasteiger partial charge in [0.25, 0.3) is 0 Å². The Kier molecular flexibility index (Phi) is 4.06. The summed E-state index contributed by atoms with van der Waals surface area (Å²) < 4.78 is 4.70. The van der Waals surface area contributed by atoms with Crippen LogP contribution < -0.4 is 0 Å². The third-order valence-corrected chi connectivity index (χ3v) is 2.65. The number of amides is 1. The Morgan fingerprint density at radius 1 is 1.62 bits per heavy atom. The lowest BCUT2D eigenvalue weighted by Crippen LogP contribution is -2.39. The van der Waals surface area contributed by atoms with Gasteiger partial charge in [-0.1, -0.05) is 13.3 Å². The highest BCUT2D eigenvalue weighted by Crippen LogP contribution is 2.20. The van der Waals surface area contributed by atoms with Gasteiger partial charge in [0.1, 0.15) is 0 Å². The van der Waals surface area contributed by atoms with Gasteiger partial charge in [0.15, 0.2) is 0 Å². The van der Waals surface area contributed by atoms with Crippen LogP contribution in [0.3, 0.4) is 0 Å². The molecule has 1 saturated heterocycles. The molecule has 1 amide bonds. The first kappa shape index (κ1) is 10.4. The quantitative estimate of drug-likeness (QED) is 0.660. The van der Waals surface area contributed by atoms with Crippen molar-refractivity contribution in [3.63, 3.8) is 0 Å². The molecule has 1 aliphatic rings. The maximum absolute atomic E-state index is 11.2. The number of nitrogens with zero attached hydrogens (tertiary/aromatic N) is 1. The summed E-state index contributed by atoms with van der Waals surface area (Å²) in [6.45, 7) is 3.95. The molecular weight excluding hydrogens is 166 g/mol. The summed E-state index contributed by atoms with van der Waals surface area (Å²) in [6.07, 6.45) is 4.66. The number of carbonyl (C=O) groups is 1. The molecule has 0 aliphatic carbocycles. The first-order valence-electron chi connectivity index (χ1n) is 5.10. The maximum atomic E-state index is 11.2. The third-order valence-electron chi connectivity index (χ3n) is 2.65. The summed E-state index contributed by atoms with van der Waals surface area (Å²) in [7, 11) is 1.45. The Morgan fingerprint density at radius 3 is 3.00 bits per heavy atom. The van der Waals surface area contributed by atoms with Crippen LogP contribution in [0.15, 0.2) is 0 Å². The van der Waals surface area contributed by atoms with Gasteiger partial charge in [-0.2, -0.15) is 0 Å². The van der Waals surface area contributed by atoms with Gasteiger partial charge >= 0.3 is 6.09 Å². The Bertz CT molecular complexity index is 168.